The molecule has 1 aromatic rings. The molecule has 0 saturated carbocycles. The summed E-state index contributed by atoms with van der Waals surface area (Å²) in [6.45, 7) is 1.40. The van der Waals surface area contributed by atoms with Crippen LogP contribution in [0.25, 0.3) is 0 Å². The van der Waals surface area contributed by atoms with Crippen LogP contribution in [0.2, 0.25) is 0 Å². The van der Waals surface area contributed by atoms with Gasteiger partial charge < -0.3 is 4.74 Å². The van der Waals surface area contributed by atoms with Crippen molar-refractivity contribution in [3.8, 4) is 0 Å². The lowest BCUT2D eigenvalue weighted by molar-refractivity contribution is -0.159. The quantitative estimate of drug-likeness (QED) is 0.591. The highest BCUT2D eigenvalue weighted by atomic mass is 32.2. The molecule has 1 heterocycles. The summed E-state index contributed by atoms with van der Waals surface area (Å²) in [4.78, 5) is 14.5. The van der Waals surface area contributed by atoms with Gasteiger partial charge in [0.1, 0.15) is 5.03 Å². The summed E-state index contributed by atoms with van der Waals surface area (Å²) in [5.41, 5.74) is 0. The maximum absolute atomic E-state index is 13.1. The van der Waals surface area contributed by atoms with Gasteiger partial charge in [-0.25, -0.2) is 9.78 Å². The van der Waals surface area contributed by atoms with Crippen molar-refractivity contribution in [2.75, 3.05) is 6.61 Å². The average Bonchev–Trinajstić information content (AvgIpc) is 2.19. The number of thioether (sulfide) groups is 1. The summed E-state index contributed by atoms with van der Waals surface area (Å²) in [6, 6.07) is 4.57. The van der Waals surface area contributed by atoms with E-state index in [-0.39, 0.29) is 23.4 Å². The van der Waals surface area contributed by atoms with Crippen molar-refractivity contribution >= 4 is 17.7 Å². The Labute approximate surface area is 89.8 Å². The van der Waals surface area contributed by atoms with Crippen molar-refractivity contribution < 1.29 is 18.3 Å². The predicted molar refractivity (Wildman–Crippen MR) is 51.7 cm³/mol. The zero-order chi connectivity index (χ0) is 11.3. The van der Waals surface area contributed by atoms with Crippen LogP contribution in [-0.4, -0.2) is 22.8 Å². The number of ether oxygens (including phenoxy) is 1. The van der Waals surface area contributed by atoms with Gasteiger partial charge in [0.25, 0.3) is 0 Å². The Kier molecular flexibility index (Phi) is 4.02. The first-order valence-electron chi connectivity index (χ1n) is 4.21. The van der Waals surface area contributed by atoms with E-state index in [1.165, 1.54) is 19.2 Å². The Morgan fingerprint density at radius 2 is 2.33 bits per heavy atom. The number of nitrogens with zero attached hydrogens (tertiary/aromatic N) is 1. The van der Waals surface area contributed by atoms with Gasteiger partial charge in [-0.3, -0.25) is 0 Å². The van der Waals surface area contributed by atoms with Gasteiger partial charge in [0.15, 0.2) is 0 Å². The third-order valence-electron chi connectivity index (χ3n) is 1.38. The van der Waals surface area contributed by atoms with E-state index in [9.17, 15) is 13.6 Å². The Balaban J connectivity index is 2.68. The van der Waals surface area contributed by atoms with Gasteiger partial charge in [-0.2, -0.15) is 8.78 Å². The van der Waals surface area contributed by atoms with Crippen molar-refractivity contribution in [2.24, 2.45) is 0 Å². The van der Waals surface area contributed by atoms with Crippen molar-refractivity contribution in [2.45, 2.75) is 17.2 Å². The van der Waals surface area contributed by atoms with Crippen LogP contribution >= 0.6 is 11.8 Å². The molecule has 0 unspecified atom stereocenters. The number of pyridine rings is 1. The molecule has 3 nitrogen and oxygen atoms in total. The smallest absolute Gasteiger partial charge is 0.394 e. The molecule has 1 rings (SSSR count). The van der Waals surface area contributed by atoms with Crippen LogP contribution in [0.3, 0.4) is 0 Å². The third-order valence-corrected chi connectivity index (χ3v) is 2.26. The van der Waals surface area contributed by atoms with Crippen molar-refractivity contribution in [3.63, 3.8) is 0 Å². The molecule has 15 heavy (non-hydrogen) atoms. The number of carbonyl (C=O) groups excluding carboxylic acids is 1. The molecule has 1 aromatic heterocycles. The van der Waals surface area contributed by atoms with Crippen LogP contribution in [0.15, 0.2) is 29.4 Å². The Hall–Kier alpha value is -1.17. The first-order chi connectivity index (χ1) is 7.06. The first kappa shape index (κ1) is 11.9. The third kappa shape index (κ3) is 3.47. The molecule has 0 aliphatic heterocycles. The van der Waals surface area contributed by atoms with Crippen molar-refractivity contribution in [3.05, 3.63) is 24.4 Å². The minimum Gasteiger partial charge on any atom is -0.461 e. The molecule has 6 heteroatoms. The van der Waals surface area contributed by atoms with Crippen molar-refractivity contribution in [1.29, 1.82) is 0 Å². The lowest BCUT2D eigenvalue weighted by Gasteiger charge is -2.12. The SMILES string of the molecule is CCOC(=O)C(F)(F)Sc1ccccn1. The summed E-state index contributed by atoms with van der Waals surface area (Å²) in [5, 5.41) is -3.51. The van der Waals surface area contributed by atoms with E-state index >= 15 is 0 Å². The maximum atomic E-state index is 13.1. The fourth-order valence-corrected chi connectivity index (χ4v) is 1.46. The number of esters is 1. The molecule has 82 valence electrons. The predicted octanol–water partition coefficient (Wildman–Crippen LogP) is 2.33. The highest BCUT2D eigenvalue weighted by Crippen LogP contribution is 2.35. The van der Waals surface area contributed by atoms with Crippen molar-refractivity contribution in [1.82, 2.24) is 4.98 Å². The standard InChI is InChI=1S/C9H9F2NO2S/c1-2-14-8(13)9(10,11)15-7-5-3-4-6-12-7/h3-6H,2H2,1H3. The zero-order valence-electron chi connectivity index (χ0n) is 7.94. The number of alkyl halides is 2. The fraction of sp³-hybridized carbons (Fsp3) is 0.333. The molecule has 0 N–H and O–H groups in total. The number of halogens is 2. The fourth-order valence-electron chi connectivity index (χ4n) is 0.796. The van der Waals surface area contributed by atoms with Gasteiger partial charge in [-0.1, -0.05) is 6.07 Å². The van der Waals surface area contributed by atoms with E-state index in [1.807, 2.05) is 0 Å². The van der Waals surface area contributed by atoms with E-state index in [0.29, 0.717) is 0 Å². The number of carbonyl (C=O) groups is 1. The van der Waals surface area contributed by atoms with Gasteiger partial charge in [0.2, 0.25) is 0 Å². The molecule has 0 atom stereocenters. The molecular weight excluding hydrogens is 224 g/mol. The molecule has 0 radical (unpaired) electrons. The van der Waals surface area contributed by atoms with Crippen LogP contribution in [-0.2, 0) is 9.53 Å². The number of hydrogen-bond donors (Lipinski definition) is 0. The molecular formula is C9H9F2NO2S. The molecule has 0 aliphatic carbocycles. The number of hydrogen-bond acceptors (Lipinski definition) is 4. The molecule has 0 amide bonds. The van der Waals surface area contributed by atoms with Crippen LogP contribution in [0.4, 0.5) is 8.78 Å². The molecule has 0 saturated heterocycles. The minimum absolute atomic E-state index is 0.0722. The molecule has 0 fully saturated rings. The highest BCUT2D eigenvalue weighted by Gasteiger charge is 2.42. The van der Waals surface area contributed by atoms with E-state index in [1.54, 1.807) is 12.1 Å². The monoisotopic (exact) mass is 233 g/mol. The molecule has 0 aliphatic rings. The second kappa shape index (κ2) is 5.06. The lowest BCUT2D eigenvalue weighted by atomic mass is 10.5. The van der Waals surface area contributed by atoms with E-state index in [4.69, 9.17) is 0 Å². The van der Waals surface area contributed by atoms with Crippen LogP contribution in [0, 0.1) is 0 Å². The molecule has 0 bridgehead atoms. The minimum atomic E-state index is -3.59. The number of rotatable bonds is 4. The average molecular weight is 233 g/mol. The summed E-state index contributed by atoms with van der Waals surface area (Å²) < 4.78 is 30.5. The summed E-state index contributed by atoms with van der Waals surface area (Å²) >= 11 is 0.0750. The summed E-state index contributed by atoms with van der Waals surface area (Å²) in [6.07, 6.45) is 1.38. The van der Waals surface area contributed by atoms with E-state index in [2.05, 4.69) is 9.72 Å². The van der Waals surface area contributed by atoms with Crippen LogP contribution in [0.1, 0.15) is 6.92 Å². The number of aromatic nitrogens is 1. The molecule has 0 spiro atoms. The van der Waals surface area contributed by atoms with E-state index in [0.717, 1.165) is 0 Å². The first-order valence-corrected chi connectivity index (χ1v) is 5.03. The second-order valence-corrected chi connectivity index (χ2v) is 3.64. The summed E-state index contributed by atoms with van der Waals surface area (Å²) in [7, 11) is 0. The zero-order valence-corrected chi connectivity index (χ0v) is 8.76. The van der Waals surface area contributed by atoms with E-state index < -0.39 is 11.2 Å². The second-order valence-electron chi connectivity index (χ2n) is 2.51. The summed E-state index contributed by atoms with van der Waals surface area (Å²) in [5.74, 6) is -1.54. The Bertz CT molecular complexity index is 332. The topological polar surface area (TPSA) is 39.2 Å². The Morgan fingerprint density at radius 1 is 1.60 bits per heavy atom. The van der Waals surface area contributed by atoms with Crippen LogP contribution < -0.4 is 0 Å². The van der Waals surface area contributed by atoms with Gasteiger partial charge in [-0.05, 0) is 30.8 Å². The lowest BCUT2D eigenvalue weighted by Crippen LogP contribution is -2.27. The van der Waals surface area contributed by atoms with Crippen LogP contribution in [0.5, 0.6) is 0 Å². The van der Waals surface area contributed by atoms with Gasteiger partial charge >= 0.3 is 11.2 Å². The highest BCUT2D eigenvalue weighted by molar-refractivity contribution is 8.01. The van der Waals surface area contributed by atoms with Gasteiger partial charge in [-0.15, -0.1) is 0 Å². The maximum Gasteiger partial charge on any atom is 0.394 e. The molecule has 0 aromatic carbocycles. The largest absolute Gasteiger partial charge is 0.461 e. The van der Waals surface area contributed by atoms with Gasteiger partial charge in [0, 0.05) is 6.20 Å². The Morgan fingerprint density at radius 3 is 2.87 bits per heavy atom. The van der Waals surface area contributed by atoms with Gasteiger partial charge in [0.05, 0.1) is 6.61 Å². The normalized spacial score (nSPS) is 11.1.